The first-order valence-electron chi connectivity index (χ1n) is 5.51. The van der Waals surface area contributed by atoms with Gasteiger partial charge in [0.15, 0.2) is 5.78 Å². The van der Waals surface area contributed by atoms with Crippen molar-refractivity contribution >= 4 is 11.9 Å². The van der Waals surface area contributed by atoms with Gasteiger partial charge in [-0.3, -0.25) is 4.79 Å². The molecule has 1 aromatic carbocycles. The highest BCUT2D eigenvalue weighted by Crippen LogP contribution is 2.23. The maximum atomic E-state index is 10.8. The number of carbonyl (C=O) groups is 1. The average Bonchev–Trinajstić information content (AvgIpc) is 2.76. The van der Waals surface area contributed by atoms with Gasteiger partial charge in [-0.1, -0.05) is 29.8 Å². The van der Waals surface area contributed by atoms with Gasteiger partial charge in [0, 0.05) is 5.56 Å². The van der Waals surface area contributed by atoms with Crippen LogP contribution in [0.3, 0.4) is 0 Å². The predicted octanol–water partition coefficient (Wildman–Crippen LogP) is 3.86. The molecule has 1 heterocycles. The molecule has 0 spiro atoms. The first-order valence-corrected chi connectivity index (χ1v) is 5.51. The summed E-state index contributed by atoms with van der Waals surface area (Å²) in [4.78, 5) is 10.8. The topological polar surface area (TPSA) is 30.2 Å². The van der Waals surface area contributed by atoms with Crippen LogP contribution in [-0.2, 0) is 4.79 Å². The fourth-order valence-corrected chi connectivity index (χ4v) is 1.51. The molecule has 0 bridgehead atoms. The molecule has 2 rings (SSSR count). The minimum Gasteiger partial charge on any atom is -0.457 e. The molecule has 0 aliphatic carbocycles. The van der Waals surface area contributed by atoms with Crippen molar-refractivity contribution in [2.75, 3.05) is 0 Å². The Kier molecular flexibility index (Phi) is 3.24. The Morgan fingerprint density at radius 3 is 2.47 bits per heavy atom. The van der Waals surface area contributed by atoms with E-state index in [1.54, 1.807) is 6.08 Å². The van der Waals surface area contributed by atoms with Gasteiger partial charge in [-0.15, -0.1) is 0 Å². The molecule has 2 nitrogen and oxygen atoms in total. The van der Waals surface area contributed by atoms with Gasteiger partial charge >= 0.3 is 0 Å². The van der Waals surface area contributed by atoms with Crippen LogP contribution in [0.5, 0.6) is 0 Å². The highest BCUT2D eigenvalue weighted by molar-refractivity contribution is 5.91. The highest BCUT2D eigenvalue weighted by Gasteiger charge is 2.02. The van der Waals surface area contributed by atoms with Crippen molar-refractivity contribution < 1.29 is 9.21 Å². The Labute approximate surface area is 101 Å². The summed E-state index contributed by atoms with van der Waals surface area (Å²) in [7, 11) is 0. The third kappa shape index (κ3) is 2.94. The summed E-state index contributed by atoms with van der Waals surface area (Å²) in [6, 6.07) is 11.9. The van der Waals surface area contributed by atoms with Crippen LogP contribution in [0.15, 0.2) is 46.9 Å². The molecule has 0 saturated carbocycles. The summed E-state index contributed by atoms with van der Waals surface area (Å²) in [6.45, 7) is 3.56. The summed E-state index contributed by atoms with van der Waals surface area (Å²) in [5, 5.41) is 0. The number of benzene rings is 1. The summed E-state index contributed by atoms with van der Waals surface area (Å²) >= 11 is 0. The molecule has 0 aliphatic rings. The Hall–Kier alpha value is -2.09. The Balaban J connectivity index is 2.23. The number of rotatable bonds is 3. The molecule has 0 N–H and O–H groups in total. The van der Waals surface area contributed by atoms with Crippen LogP contribution in [0.4, 0.5) is 0 Å². The van der Waals surface area contributed by atoms with Crippen molar-refractivity contribution in [2.24, 2.45) is 0 Å². The molecule has 0 saturated heterocycles. The fraction of sp³-hybridized carbons (Fsp3) is 0.133. The van der Waals surface area contributed by atoms with Gasteiger partial charge < -0.3 is 4.42 Å². The van der Waals surface area contributed by atoms with E-state index in [9.17, 15) is 4.79 Å². The summed E-state index contributed by atoms with van der Waals surface area (Å²) in [5.41, 5.74) is 2.26. The first-order chi connectivity index (χ1) is 8.15. The van der Waals surface area contributed by atoms with E-state index < -0.39 is 0 Å². The number of furan rings is 1. The average molecular weight is 226 g/mol. The zero-order chi connectivity index (χ0) is 12.3. The molecular weight excluding hydrogens is 212 g/mol. The first kappa shape index (κ1) is 11.4. The molecule has 0 amide bonds. The molecule has 0 atom stereocenters. The van der Waals surface area contributed by atoms with Gasteiger partial charge in [-0.25, -0.2) is 0 Å². The summed E-state index contributed by atoms with van der Waals surface area (Å²) in [6.07, 6.45) is 3.18. The molecule has 1 aromatic heterocycles. The van der Waals surface area contributed by atoms with E-state index in [2.05, 4.69) is 0 Å². The lowest BCUT2D eigenvalue weighted by Crippen LogP contribution is -1.78. The normalized spacial score (nSPS) is 10.9. The number of allylic oxidation sites excluding steroid dienone is 1. The molecule has 0 radical (unpaired) electrons. The van der Waals surface area contributed by atoms with Crippen LogP contribution in [0.1, 0.15) is 18.2 Å². The van der Waals surface area contributed by atoms with Crippen LogP contribution in [0, 0.1) is 6.92 Å². The largest absolute Gasteiger partial charge is 0.457 e. The van der Waals surface area contributed by atoms with Crippen LogP contribution in [0.25, 0.3) is 17.4 Å². The van der Waals surface area contributed by atoms with Gasteiger partial charge in [0.05, 0.1) is 0 Å². The molecular formula is C15H14O2. The number of ketones is 1. The van der Waals surface area contributed by atoms with Gasteiger partial charge in [0.2, 0.25) is 0 Å². The van der Waals surface area contributed by atoms with Crippen molar-refractivity contribution in [3.8, 4) is 11.3 Å². The maximum absolute atomic E-state index is 10.8. The smallest absolute Gasteiger partial charge is 0.152 e. The van der Waals surface area contributed by atoms with E-state index >= 15 is 0 Å². The molecule has 0 aliphatic heterocycles. The molecule has 2 heteroatoms. The van der Waals surface area contributed by atoms with Crippen molar-refractivity contribution in [1.82, 2.24) is 0 Å². The molecule has 0 unspecified atom stereocenters. The lowest BCUT2D eigenvalue weighted by molar-refractivity contribution is -0.112. The molecule has 2 aromatic rings. The number of hydrogen-bond acceptors (Lipinski definition) is 2. The van der Waals surface area contributed by atoms with Crippen LogP contribution in [0.2, 0.25) is 0 Å². The monoisotopic (exact) mass is 226 g/mol. The number of carbonyl (C=O) groups excluding carboxylic acids is 1. The molecule has 86 valence electrons. The molecule has 17 heavy (non-hydrogen) atoms. The van der Waals surface area contributed by atoms with Crippen LogP contribution < -0.4 is 0 Å². The highest BCUT2D eigenvalue weighted by atomic mass is 16.3. The van der Waals surface area contributed by atoms with E-state index in [1.165, 1.54) is 18.6 Å². The summed E-state index contributed by atoms with van der Waals surface area (Å²) < 4.78 is 5.62. The van der Waals surface area contributed by atoms with Crippen LogP contribution in [-0.4, -0.2) is 5.78 Å². The third-order valence-corrected chi connectivity index (χ3v) is 2.45. The minimum absolute atomic E-state index is 0.0123. The van der Waals surface area contributed by atoms with Crippen molar-refractivity contribution in [3.63, 3.8) is 0 Å². The van der Waals surface area contributed by atoms with Gasteiger partial charge in [0.1, 0.15) is 11.5 Å². The third-order valence-electron chi connectivity index (χ3n) is 2.45. The predicted molar refractivity (Wildman–Crippen MR) is 68.6 cm³/mol. The maximum Gasteiger partial charge on any atom is 0.152 e. The second kappa shape index (κ2) is 4.83. The van der Waals surface area contributed by atoms with Crippen molar-refractivity contribution in [2.45, 2.75) is 13.8 Å². The standard InChI is InChI=1S/C15H14O2/c1-11-3-6-13(7-4-11)15-10-9-14(17-15)8-5-12(2)16/h3-10H,1-2H3/b8-5+. The van der Waals surface area contributed by atoms with E-state index in [0.29, 0.717) is 5.76 Å². The van der Waals surface area contributed by atoms with Crippen LogP contribution >= 0.6 is 0 Å². The summed E-state index contributed by atoms with van der Waals surface area (Å²) in [5.74, 6) is 1.52. The van der Waals surface area contributed by atoms with Crippen molar-refractivity contribution in [3.05, 3.63) is 53.8 Å². The van der Waals surface area contributed by atoms with E-state index in [-0.39, 0.29) is 5.78 Å². The minimum atomic E-state index is 0.0123. The SMILES string of the molecule is CC(=O)/C=C/c1ccc(-c2ccc(C)cc2)o1. The molecule has 0 fully saturated rings. The number of hydrogen-bond donors (Lipinski definition) is 0. The number of aryl methyl sites for hydroxylation is 1. The fourth-order valence-electron chi connectivity index (χ4n) is 1.51. The lowest BCUT2D eigenvalue weighted by atomic mass is 10.1. The zero-order valence-electron chi connectivity index (χ0n) is 9.94. The zero-order valence-corrected chi connectivity index (χ0v) is 9.94. The lowest BCUT2D eigenvalue weighted by Gasteiger charge is -1.97. The second-order valence-corrected chi connectivity index (χ2v) is 4.01. The Bertz CT molecular complexity index is 545. The Morgan fingerprint density at radius 2 is 1.82 bits per heavy atom. The van der Waals surface area contributed by atoms with E-state index in [4.69, 9.17) is 4.42 Å². The van der Waals surface area contributed by atoms with E-state index in [0.717, 1.165) is 11.3 Å². The van der Waals surface area contributed by atoms with Gasteiger partial charge in [-0.05, 0) is 38.1 Å². The second-order valence-electron chi connectivity index (χ2n) is 4.01. The van der Waals surface area contributed by atoms with Gasteiger partial charge in [0.25, 0.3) is 0 Å². The van der Waals surface area contributed by atoms with Gasteiger partial charge in [-0.2, -0.15) is 0 Å². The van der Waals surface area contributed by atoms with E-state index in [1.807, 2.05) is 43.3 Å². The quantitative estimate of drug-likeness (QED) is 0.744. The Morgan fingerprint density at radius 1 is 1.12 bits per heavy atom. The van der Waals surface area contributed by atoms with Crippen molar-refractivity contribution in [1.29, 1.82) is 0 Å².